The maximum atomic E-state index is 13.8. The number of hydrogen-bond donors (Lipinski definition) is 0. The van der Waals surface area contributed by atoms with Gasteiger partial charge in [0.05, 0.1) is 17.1 Å². The van der Waals surface area contributed by atoms with Crippen molar-refractivity contribution in [2.24, 2.45) is 0 Å². The van der Waals surface area contributed by atoms with Gasteiger partial charge in [0, 0.05) is 4.88 Å². The number of benzene rings is 1. The minimum atomic E-state index is -1.54. The smallest absolute Gasteiger partial charge is 0.348 e. The van der Waals surface area contributed by atoms with Crippen molar-refractivity contribution >= 4 is 33.2 Å². The standard InChI is InChI=1S/C12H5BrF4O2S/c1-19-12(18)5-3-2-4(20-5)6-8(14)10(16)7(13)11(17)9(6)15/h2-3H,1H3. The van der Waals surface area contributed by atoms with Crippen LogP contribution in [0.1, 0.15) is 9.67 Å². The fourth-order valence-electron chi connectivity index (χ4n) is 1.50. The van der Waals surface area contributed by atoms with Gasteiger partial charge in [-0.15, -0.1) is 11.3 Å². The predicted molar refractivity (Wildman–Crippen MR) is 68.6 cm³/mol. The van der Waals surface area contributed by atoms with Crippen molar-refractivity contribution in [2.75, 3.05) is 7.11 Å². The summed E-state index contributed by atoms with van der Waals surface area (Å²) in [7, 11) is 1.14. The molecule has 0 spiro atoms. The average molecular weight is 369 g/mol. The highest BCUT2D eigenvalue weighted by Crippen LogP contribution is 2.37. The largest absolute Gasteiger partial charge is 0.465 e. The van der Waals surface area contributed by atoms with Crippen LogP contribution in [0.25, 0.3) is 10.4 Å². The zero-order chi connectivity index (χ0) is 15.0. The van der Waals surface area contributed by atoms with E-state index in [0.29, 0.717) is 11.3 Å². The van der Waals surface area contributed by atoms with E-state index in [1.807, 2.05) is 0 Å². The molecule has 0 fully saturated rings. The number of carbonyl (C=O) groups is 1. The summed E-state index contributed by atoms with van der Waals surface area (Å²) < 4.78 is 57.9. The molecule has 0 radical (unpaired) electrons. The molecule has 0 aliphatic rings. The van der Waals surface area contributed by atoms with E-state index in [0.717, 1.165) is 7.11 Å². The van der Waals surface area contributed by atoms with Crippen LogP contribution >= 0.6 is 27.3 Å². The van der Waals surface area contributed by atoms with E-state index in [4.69, 9.17) is 0 Å². The van der Waals surface area contributed by atoms with Crippen molar-refractivity contribution in [3.63, 3.8) is 0 Å². The van der Waals surface area contributed by atoms with Gasteiger partial charge in [0.25, 0.3) is 0 Å². The molecule has 0 aliphatic heterocycles. The lowest BCUT2D eigenvalue weighted by atomic mass is 10.1. The Bertz CT molecular complexity index is 670. The van der Waals surface area contributed by atoms with E-state index in [2.05, 4.69) is 20.7 Å². The van der Waals surface area contributed by atoms with Crippen molar-refractivity contribution in [2.45, 2.75) is 0 Å². The molecule has 0 unspecified atom stereocenters. The molecular weight excluding hydrogens is 364 g/mol. The molecule has 1 aromatic carbocycles. The summed E-state index contributed by atoms with van der Waals surface area (Å²) in [5, 5.41) is 0. The molecule has 2 nitrogen and oxygen atoms in total. The third-order valence-corrected chi connectivity index (χ3v) is 4.23. The van der Waals surface area contributed by atoms with E-state index in [1.165, 1.54) is 12.1 Å². The normalized spacial score (nSPS) is 10.7. The molecule has 0 amide bonds. The Morgan fingerprint density at radius 1 is 1.10 bits per heavy atom. The lowest BCUT2D eigenvalue weighted by Crippen LogP contribution is -2.00. The molecule has 20 heavy (non-hydrogen) atoms. The number of hydrogen-bond acceptors (Lipinski definition) is 3. The molecule has 106 valence electrons. The summed E-state index contributed by atoms with van der Waals surface area (Å²) in [5.74, 6) is -6.85. The van der Waals surface area contributed by atoms with Crippen molar-refractivity contribution < 1.29 is 27.1 Å². The number of esters is 1. The highest BCUT2D eigenvalue weighted by atomic mass is 79.9. The van der Waals surface area contributed by atoms with Crippen LogP contribution in [0.5, 0.6) is 0 Å². The first-order valence-electron chi connectivity index (χ1n) is 5.08. The monoisotopic (exact) mass is 368 g/mol. The SMILES string of the molecule is COC(=O)c1ccc(-c2c(F)c(F)c(Br)c(F)c2F)s1. The maximum absolute atomic E-state index is 13.8. The molecule has 8 heteroatoms. The number of carbonyl (C=O) groups excluding carboxylic acids is 1. The molecule has 0 saturated carbocycles. The van der Waals surface area contributed by atoms with Crippen LogP contribution in [0.15, 0.2) is 16.6 Å². The molecular formula is C12H5BrF4O2S. The van der Waals surface area contributed by atoms with Crippen molar-refractivity contribution in [1.82, 2.24) is 0 Å². The van der Waals surface area contributed by atoms with E-state index < -0.39 is 39.3 Å². The lowest BCUT2D eigenvalue weighted by Gasteiger charge is -2.07. The van der Waals surface area contributed by atoms with Crippen LogP contribution in [0.3, 0.4) is 0 Å². The van der Waals surface area contributed by atoms with Crippen LogP contribution in [0.2, 0.25) is 0 Å². The van der Waals surface area contributed by atoms with Gasteiger partial charge in [-0.3, -0.25) is 0 Å². The molecule has 0 N–H and O–H groups in total. The predicted octanol–water partition coefficient (Wildman–Crippen LogP) is 4.52. The zero-order valence-electron chi connectivity index (χ0n) is 9.77. The maximum Gasteiger partial charge on any atom is 0.348 e. The zero-order valence-corrected chi connectivity index (χ0v) is 12.2. The molecule has 0 saturated heterocycles. The Morgan fingerprint density at radius 2 is 1.65 bits per heavy atom. The Hall–Kier alpha value is -1.41. The van der Waals surface area contributed by atoms with Crippen molar-refractivity contribution in [3.05, 3.63) is 44.8 Å². The average Bonchev–Trinajstić information content (AvgIpc) is 2.92. The van der Waals surface area contributed by atoms with Gasteiger partial charge in [-0.25, -0.2) is 22.4 Å². The Balaban J connectivity index is 2.64. The minimum absolute atomic E-state index is 0.0602. The molecule has 2 rings (SSSR count). The van der Waals surface area contributed by atoms with E-state index in [1.54, 1.807) is 0 Å². The van der Waals surface area contributed by atoms with Gasteiger partial charge in [0.2, 0.25) is 0 Å². The minimum Gasteiger partial charge on any atom is -0.465 e. The van der Waals surface area contributed by atoms with Crippen LogP contribution in [0.4, 0.5) is 17.6 Å². The van der Waals surface area contributed by atoms with Crippen LogP contribution < -0.4 is 0 Å². The summed E-state index contributed by atoms with van der Waals surface area (Å²) >= 11 is 3.09. The van der Waals surface area contributed by atoms with Gasteiger partial charge in [0.1, 0.15) is 4.88 Å². The first-order valence-corrected chi connectivity index (χ1v) is 6.69. The van der Waals surface area contributed by atoms with Gasteiger partial charge in [0.15, 0.2) is 23.3 Å². The van der Waals surface area contributed by atoms with Gasteiger partial charge < -0.3 is 4.74 Å². The number of rotatable bonds is 2. The number of thiophene rings is 1. The second kappa shape index (κ2) is 5.53. The van der Waals surface area contributed by atoms with Crippen molar-refractivity contribution in [1.29, 1.82) is 0 Å². The second-order valence-electron chi connectivity index (χ2n) is 3.60. The van der Waals surface area contributed by atoms with Gasteiger partial charge in [-0.2, -0.15) is 0 Å². The quantitative estimate of drug-likeness (QED) is 0.337. The first kappa shape index (κ1) is 15.0. The van der Waals surface area contributed by atoms with Gasteiger partial charge in [-0.05, 0) is 28.1 Å². The Labute approximate surface area is 123 Å². The third kappa shape index (κ3) is 2.33. The fraction of sp³-hybridized carbons (Fsp3) is 0.0833. The molecule has 0 bridgehead atoms. The van der Waals surface area contributed by atoms with Crippen molar-refractivity contribution in [3.8, 4) is 10.4 Å². The molecule has 0 atom stereocenters. The topological polar surface area (TPSA) is 26.3 Å². The van der Waals surface area contributed by atoms with Gasteiger partial charge in [-0.1, -0.05) is 0 Å². The van der Waals surface area contributed by atoms with E-state index in [9.17, 15) is 22.4 Å². The molecule has 1 aromatic heterocycles. The van der Waals surface area contributed by atoms with Gasteiger partial charge >= 0.3 is 5.97 Å². The second-order valence-corrected chi connectivity index (χ2v) is 5.48. The summed E-state index contributed by atoms with van der Waals surface area (Å²) in [6.07, 6.45) is 0. The van der Waals surface area contributed by atoms with Crippen LogP contribution in [-0.2, 0) is 4.74 Å². The summed E-state index contributed by atoms with van der Waals surface area (Å²) in [5.41, 5.74) is -0.858. The molecule has 1 heterocycles. The number of methoxy groups -OCH3 is 1. The molecule has 2 aromatic rings. The van der Waals surface area contributed by atoms with Crippen LogP contribution in [0, 0.1) is 23.3 Å². The van der Waals surface area contributed by atoms with E-state index >= 15 is 0 Å². The highest BCUT2D eigenvalue weighted by molar-refractivity contribution is 9.10. The molecule has 0 aliphatic carbocycles. The first-order chi connectivity index (χ1) is 9.38. The van der Waals surface area contributed by atoms with Crippen LogP contribution in [-0.4, -0.2) is 13.1 Å². The van der Waals surface area contributed by atoms with E-state index in [-0.39, 0.29) is 9.75 Å². The number of halogens is 5. The Morgan fingerprint density at radius 3 is 2.15 bits per heavy atom. The number of ether oxygens (including phenoxy) is 1. The third-order valence-electron chi connectivity index (χ3n) is 2.45. The summed E-state index contributed by atoms with van der Waals surface area (Å²) in [4.78, 5) is 11.2. The highest BCUT2D eigenvalue weighted by Gasteiger charge is 2.26. The fourth-order valence-corrected chi connectivity index (χ4v) is 2.81. The Kier molecular flexibility index (Phi) is 4.14. The summed E-state index contributed by atoms with van der Waals surface area (Å²) in [6, 6.07) is 2.44. The summed E-state index contributed by atoms with van der Waals surface area (Å²) in [6.45, 7) is 0. The lowest BCUT2D eigenvalue weighted by molar-refractivity contribution is 0.0606.